The summed E-state index contributed by atoms with van der Waals surface area (Å²) >= 11 is 0. The van der Waals surface area contributed by atoms with Crippen LogP contribution in [0.4, 0.5) is 8.78 Å². The molecule has 1 saturated heterocycles. The van der Waals surface area contributed by atoms with Gasteiger partial charge in [-0.2, -0.15) is 0 Å². The number of imidazole rings is 1. The van der Waals surface area contributed by atoms with Crippen molar-refractivity contribution < 1.29 is 32.9 Å². The molecule has 0 aliphatic carbocycles. The molecule has 1 aliphatic rings. The van der Waals surface area contributed by atoms with Crippen molar-refractivity contribution in [1.82, 2.24) is 14.7 Å². The van der Waals surface area contributed by atoms with E-state index in [1.54, 1.807) is 61.7 Å². The zero-order valence-electron chi connectivity index (χ0n) is 21.8. The number of fused-ring (bicyclic) bond motifs is 1. The number of benzene rings is 2. The van der Waals surface area contributed by atoms with Gasteiger partial charge in [-0.15, -0.1) is 0 Å². The zero-order chi connectivity index (χ0) is 27.8. The minimum Gasteiger partial charge on any atom is -0.485 e. The van der Waals surface area contributed by atoms with E-state index in [0.29, 0.717) is 16.9 Å². The predicted molar refractivity (Wildman–Crippen MR) is 138 cm³/mol. The number of carbonyl (C=O) groups is 1. The zero-order valence-corrected chi connectivity index (χ0v) is 21.8. The summed E-state index contributed by atoms with van der Waals surface area (Å²) in [6, 6.07) is 14.1. The third-order valence-electron chi connectivity index (χ3n) is 6.78. The highest BCUT2D eigenvalue weighted by molar-refractivity contribution is 5.95. The average Bonchev–Trinajstić information content (AvgIpc) is 3.26. The van der Waals surface area contributed by atoms with E-state index in [1.165, 1.54) is 6.07 Å². The van der Waals surface area contributed by atoms with Crippen LogP contribution in [0.25, 0.3) is 5.65 Å². The second-order valence-corrected chi connectivity index (χ2v) is 9.97. The summed E-state index contributed by atoms with van der Waals surface area (Å²) in [5, 5.41) is 12.8. The SMILES string of the molecule is Cc1nc2c(OCc3c(F)cccc3F)cccn2c1C(=O)NC1(c2cccc(CO)c2)COC(C)(C)OC1. The number of ether oxygens (including phenoxy) is 3. The molecule has 2 N–H and O–H groups in total. The van der Waals surface area contributed by atoms with Crippen molar-refractivity contribution in [3.63, 3.8) is 0 Å². The molecule has 0 unspecified atom stereocenters. The van der Waals surface area contributed by atoms with Gasteiger partial charge in [-0.1, -0.05) is 30.3 Å². The van der Waals surface area contributed by atoms with E-state index in [-0.39, 0.29) is 43.4 Å². The summed E-state index contributed by atoms with van der Waals surface area (Å²) in [6.07, 6.45) is 1.66. The summed E-state index contributed by atoms with van der Waals surface area (Å²) < 4.78 is 47.4. The van der Waals surface area contributed by atoms with Gasteiger partial charge in [-0.05, 0) is 56.2 Å². The van der Waals surface area contributed by atoms with Crippen LogP contribution < -0.4 is 10.1 Å². The Bertz CT molecular complexity index is 1500. The van der Waals surface area contributed by atoms with Crippen LogP contribution in [0.3, 0.4) is 0 Å². The lowest BCUT2D eigenvalue weighted by Gasteiger charge is -2.44. The third kappa shape index (κ3) is 5.23. The van der Waals surface area contributed by atoms with E-state index in [1.807, 2.05) is 6.07 Å². The molecule has 204 valence electrons. The molecule has 10 heteroatoms. The van der Waals surface area contributed by atoms with Gasteiger partial charge in [0.2, 0.25) is 0 Å². The molecule has 2 aromatic heterocycles. The second kappa shape index (κ2) is 10.4. The number of aryl methyl sites for hydroxylation is 1. The fourth-order valence-electron chi connectivity index (χ4n) is 4.59. The molecule has 8 nitrogen and oxygen atoms in total. The van der Waals surface area contributed by atoms with Crippen LogP contribution >= 0.6 is 0 Å². The third-order valence-corrected chi connectivity index (χ3v) is 6.78. The number of rotatable bonds is 7. The van der Waals surface area contributed by atoms with Crippen molar-refractivity contribution in [2.24, 2.45) is 0 Å². The molecule has 39 heavy (non-hydrogen) atoms. The number of hydrogen-bond acceptors (Lipinski definition) is 6. The molecular formula is C29H29F2N3O5. The van der Waals surface area contributed by atoms with Crippen LogP contribution in [0.15, 0.2) is 60.8 Å². The number of nitrogens with zero attached hydrogens (tertiary/aromatic N) is 2. The summed E-state index contributed by atoms with van der Waals surface area (Å²) in [6.45, 7) is 5.06. The largest absolute Gasteiger partial charge is 0.485 e. The number of pyridine rings is 1. The van der Waals surface area contributed by atoms with Gasteiger partial charge in [0.1, 0.15) is 29.5 Å². The van der Waals surface area contributed by atoms with E-state index in [2.05, 4.69) is 10.3 Å². The van der Waals surface area contributed by atoms with E-state index in [4.69, 9.17) is 14.2 Å². The Morgan fingerprint density at radius 2 is 1.79 bits per heavy atom. The molecule has 4 aromatic rings. The van der Waals surface area contributed by atoms with Gasteiger partial charge in [0.25, 0.3) is 5.91 Å². The smallest absolute Gasteiger partial charge is 0.271 e. The highest BCUT2D eigenvalue weighted by atomic mass is 19.1. The predicted octanol–water partition coefficient (Wildman–Crippen LogP) is 4.40. The van der Waals surface area contributed by atoms with Crippen LogP contribution in [-0.2, 0) is 28.2 Å². The van der Waals surface area contributed by atoms with Crippen molar-refractivity contribution in [3.8, 4) is 5.75 Å². The van der Waals surface area contributed by atoms with Crippen molar-refractivity contribution in [2.45, 2.75) is 45.3 Å². The Morgan fingerprint density at radius 3 is 2.49 bits per heavy atom. The minimum atomic E-state index is -1.04. The molecule has 1 fully saturated rings. The Labute approximate surface area is 224 Å². The van der Waals surface area contributed by atoms with Gasteiger partial charge in [0.15, 0.2) is 17.2 Å². The number of aliphatic hydroxyl groups is 1. The maximum absolute atomic E-state index is 14.1. The van der Waals surface area contributed by atoms with Crippen LogP contribution in [0.1, 0.15) is 46.7 Å². The average molecular weight is 538 g/mol. The standard InChI is InChI=1S/C29H29F2N3O5/c1-18-25(34-12-6-11-24(26(34)32-18)37-15-21-22(30)9-5-10-23(21)31)27(36)33-29(16-38-28(2,3)39-17-29)20-8-4-7-19(13-20)14-35/h4-13,35H,14-17H2,1-3H3,(H,33,36). The van der Waals surface area contributed by atoms with Gasteiger partial charge in [-0.25, -0.2) is 13.8 Å². The van der Waals surface area contributed by atoms with Gasteiger partial charge < -0.3 is 24.6 Å². The van der Waals surface area contributed by atoms with Gasteiger partial charge in [-0.3, -0.25) is 9.20 Å². The number of halogens is 2. The lowest BCUT2D eigenvalue weighted by Crippen LogP contribution is -2.58. The van der Waals surface area contributed by atoms with Crippen molar-refractivity contribution in [3.05, 3.63) is 101 Å². The van der Waals surface area contributed by atoms with Crippen molar-refractivity contribution in [2.75, 3.05) is 13.2 Å². The highest BCUT2D eigenvalue weighted by Crippen LogP contribution is 2.33. The van der Waals surface area contributed by atoms with Gasteiger partial charge in [0, 0.05) is 6.20 Å². The summed E-state index contributed by atoms with van der Waals surface area (Å²) in [5.41, 5.74) is 1.18. The topological polar surface area (TPSA) is 94.3 Å². The second-order valence-electron chi connectivity index (χ2n) is 9.97. The molecule has 0 atom stereocenters. The van der Waals surface area contributed by atoms with Crippen LogP contribution in [0, 0.1) is 18.6 Å². The van der Waals surface area contributed by atoms with E-state index in [9.17, 15) is 18.7 Å². The quantitative estimate of drug-likeness (QED) is 0.363. The molecule has 3 heterocycles. The Hall–Kier alpha value is -3.86. The van der Waals surface area contributed by atoms with Gasteiger partial charge in [0.05, 0.1) is 31.1 Å². The fourth-order valence-corrected chi connectivity index (χ4v) is 4.59. The summed E-state index contributed by atoms with van der Waals surface area (Å²) in [4.78, 5) is 18.3. The number of aliphatic hydroxyl groups excluding tert-OH is 1. The van der Waals surface area contributed by atoms with Crippen LogP contribution in [0.2, 0.25) is 0 Å². The number of carbonyl (C=O) groups excluding carboxylic acids is 1. The molecule has 0 radical (unpaired) electrons. The normalized spacial score (nSPS) is 16.3. The Morgan fingerprint density at radius 1 is 1.10 bits per heavy atom. The Kier molecular flexibility index (Phi) is 7.11. The number of nitrogens with one attached hydrogen (secondary N) is 1. The maximum Gasteiger partial charge on any atom is 0.271 e. The summed E-state index contributed by atoms with van der Waals surface area (Å²) in [7, 11) is 0. The number of hydrogen-bond donors (Lipinski definition) is 2. The van der Waals surface area contributed by atoms with Crippen LogP contribution in [0.5, 0.6) is 5.75 Å². The first-order chi connectivity index (χ1) is 18.6. The summed E-state index contributed by atoms with van der Waals surface area (Å²) in [5.74, 6) is -2.42. The Balaban J connectivity index is 1.47. The van der Waals surface area contributed by atoms with E-state index < -0.39 is 28.9 Å². The molecule has 0 saturated carbocycles. The lowest BCUT2D eigenvalue weighted by molar-refractivity contribution is -0.272. The van der Waals surface area contributed by atoms with Gasteiger partial charge >= 0.3 is 0 Å². The first-order valence-corrected chi connectivity index (χ1v) is 12.5. The van der Waals surface area contributed by atoms with E-state index in [0.717, 1.165) is 17.7 Å². The molecule has 0 spiro atoms. The van der Waals surface area contributed by atoms with Crippen LogP contribution in [-0.4, -0.2) is 39.4 Å². The van der Waals surface area contributed by atoms with E-state index >= 15 is 0 Å². The van der Waals surface area contributed by atoms with Crippen molar-refractivity contribution >= 4 is 11.6 Å². The lowest BCUT2D eigenvalue weighted by atomic mass is 9.89. The minimum absolute atomic E-state index is 0.138. The molecule has 5 rings (SSSR count). The van der Waals surface area contributed by atoms with Crippen molar-refractivity contribution in [1.29, 1.82) is 0 Å². The first-order valence-electron chi connectivity index (χ1n) is 12.5. The number of amides is 1. The monoisotopic (exact) mass is 537 g/mol. The first kappa shape index (κ1) is 26.7. The molecule has 1 aliphatic heterocycles. The molecule has 1 amide bonds. The molecule has 0 bridgehead atoms. The maximum atomic E-state index is 14.1. The fraction of sp³-hybridized carbons (Fsp3) is 0.310. The number of aromatic nitrogens is 2. The molecular weight excluding hydrogens is 508 g/mol. The highest BCUT2D eigenvalue weighted by Gasteiger charge is 2.43. The molecule has 2 aromatic carbocycles.